The average Bonchev–Trinajstić information content (AvgIpc) is 2.48. The smallest absolute Gasteiger partial charge is 0.427 e. The van der Waals surface area contributed by atoms with Crippen LogP contribution in [-0.4, -0.2) is 26.9 Å². The number of aromatic nitrogens is 1. The van der Waals surface area contributed by atoms with E-state index in [4.69, 9.17) is 11.6 Å². The third kappa shape index (κ3) is 3.85. The Balaban J connectivity index is 2.34. The molecule has 0 spiro atoms. The van der Waals surface area contributed by atoms with Gasteiger partial charge >= 0.3 is 6.18 Å². The highest BCUT2D eigenvalue weighted by atomic mass is 19.4. The number of aliphatic hydroxyl groups excluding tert-OH is 1. The van der Waals surface area contributed by atoms with E-state index in [9.17, 15) is 22.7 Å². The summed E-state index contributed by atoms with van der Waals surface area (Å²) in [4.78, 5) is 3.61. The Morgan fingerprint density at radius 3 is 2.48 bits per heavy atom. The van der Waals surface area contributed by atoms with E-state index in [1.165, 1.54) is 18.4 Å². The van der Waals surface area contributed by atoms with Gasteiger partial charge in [0.25, 0.3) is 5.88 Å². The lowest BCUT2D eigenvalue weighted by atomic mass is 10.0. The molecule has 0 radical (unpaired) electrons. The number of ether oxygens (including phenoxy) is 1. The molecule has 5 N–H and O–H groups in total. The summed E-state index contributed by atoms with van der Waals surface area (Å²) >= 11 is 0. The number of aliphatic hydroxyl groups is 1. The van der Waals surface area contributed by atoms with Crippen LogP contribution in [0.2, 0.25) is 0 Å². The number of rotatable bonds is 3. The second kappa shape index (κ2) is 6.28. The first-order valence-electron chi connectivity index (χ1n) is 6.96. The van der Waals surface area contributed by atoms with Gasteiger partial charge in [-0.3, -0.25) is 5.01 Å². The van der Waals surface area contributed by atoms with Gasteiger partial charge in [-0.1, -0.05) is 0 Å². The maximum Gasteiger partial charge on any atom is 0.427 e. The minimum Gasteiger partial charge on any atom is -0.493 e. The SMILES string of the molecule is CC(C)(Oc1ncc(C2=C/C(=C(/N)O)N(N)C=C2)cc1F)C(F)(F)F. The Hall–Kier alpha value is -2.75. The van der Waals surface area contributed by atoms with Crippen molar-refractivity contribution in [2.45, 2.75) is 25.6 Å². The van der Waals surface area contributed by atoms with Gasteiger partial charge < -0.3 is 15.6 Å². The van der Waals surface area contributed by atoms with Crippen molar-refractivity contribution in [1.82, 2.24) is 9.99 Å². The van der Waals surface area contributed by atoms with Gasteiger partial charge in [0.2, 0.25) is 5.88 Å². The number of hydrogen-bond acceptors (Lipinski definition) is 6. The molecule has 0 aromatic carbocycles. The summed E-state index contributed by atoms with van der Waals surface area (Å²) in [5.74, 6) is 3.18. The molecule has 10 heteroatoms. The predicted octanol–water partition coefficient (Wildman–Crippen LogP) is 2.71. The fourth-order valence-corrected chi connectivity index (χ4v) is 1.85. The van der Waals surface area contributed by atoms with Crippen LogP contribution in [0.5, 0.6) is 5.88 Å². The van der Waals surface area contributed by atoms with Gasteiger partial charge in [-0.15, -0.1) is 0 Å². The molecule has 0 saturated carbocycles. The molecule has 0 unspecified atom stereocenters. The lowest BCUT2D eigenvalue weighted by molar-refractivity contribution is -0.235. The standard InChI is InChI=1S/C15H16F4N4O2/c1-14(2,15(17,18)19)25-13-10(16)5-9(7-22-13)8-3-4-23(21)11(6-8)12(20)24/h3-7,24H,20-21H2,1-2H3/b12-11+. The maximum atomic E-state index is 14.1. The van der Waals surface area contributed by atoms with Gasteiger partial charge in [-0.25, -0.2) is 15.2 Å². The average molecular weight is 360 g/mol. The zero-order valence-corrected chi connectivity index (χ0v) is 13.3. The van der Waals surface area contributed by atoms with Crippen LogP contribution in [0, 0.1) is 5.82 Å². The van der Waals surface area contributed by atoms with Crippen LogP contribution in [0.4, 0.5) is 17.6 Å². The topological polar surface area (TPSA) is 97.6 Å². The maximum absolute atomic E-state index is 14.1. The number of alkyl halides is 3. The van der Waals surface area contributed by atoms with Crippen molar-refractivity contribution in [1.29, 1.82) is 0 Å². The summed E-state index contributed by atoms with van der Waals surface area (Å²) in [5, 5.41) is 10.4. The molecule has 1 aromatic heterocycles. The van der Waals surface area contributed by atoms with Crippen molar-refractivity contribution in [3.05, 3.63) is 53.6 Å². The second-order valence-electron chi connectivity index (χ2n) is 5.71. The number of nitrogens with zero attached hydrogens (tertiary/aromatic N) is 2. The predicted molar refractivity (Wildman–Crippen MR) is 81.9 cm³/mol. The second-order valence-corrected chi connectivity index (χ2v) is 5.71. The molecule has 1 aliphatic heterocycles. The molecular weight excluding hydrogens is 344 g/mol. The van der Waals surface area contributed by atoms with E-state index >= 15 is 0 Å². The quantitative estimate of drug-likeness (QED) is 0.436. The van der Waals surface area contributed by atoms with E-state index in [2.05, 4.69) is 9.72 Å². The van der Waals surface area contributed by atoms with Gasteiger partial charge in [0, 0.05) is 18.0 Å². The van der Waals surface area contributed by atoms with Crippen LogP contribution in [0.1, 0.15) is 19.4 Å². The van der Waals surface area contributed by atoms with Gasteiger partial charge in [-0.2, -0.15) is 13.2 Å². The van der Waals surface area contributed by atoms with E-state index in [-0.39, 0.29) is 11.3 Å². The number of allylic oxidation sites excluding steroid dienone is 3. The summed E-state index contributed by atoms with van der Waals surface area (Å²) < 4.78 is 57.3. The minimum atomic E-state index is -4.70. The van der Waals surface area contributed by atoms with E-state index in [1.54, 1.807) is 0 Å². The van der Waals surface area contributed by atoms with Crippen LogP contribution in [0.3, 0.4) is 0 Å². The molecule has 0 amide bonds. The molecular formula is C15H16F4N4O2. The number of nitrogens with two attached hydrogens (primary N) is 2. The minimum absolute atomic E-state index is 0.0661. The molecule has 25 heavy (non-hydrogen) atoms. The van der Waals surface area contributed by atoms with Crippen LogP contribution in [-0.2, 0) is 0 Å². The Bertz CT molecular complexity index is 765. The molecule has 0 saturated heterocycles. The normalized spacial score (nSPS) is 17.4. The highest BCUT2D eigenvalue weighted by Crippen LogP contribution is 2.35. The first-order chi connectivity index (χ1) is 11.4. The molecule has 2 heterocycles. The molecule has 0 aliphatic carbocycles. The number of hydrazine groups is 1. The Kier molecular flexibility index (Phi) is 4.67. The largest absolute Gasteiger partial charge is 0.493 e. The zero-order valence-electron chi connectivity index (χ0n) is 13.3. The molecule has 136 valence electrons. The van der Waals surface area contributed by atoms with E-state index in [1.807, 2.05) is 0 Å². The summed E-state index contributed by atoms with van der Waals surface area (Å²) in [5.41, 5.74) is 3.37. The van der Waals surface area contributed by atoms with Gasteiger partial charge in [0.15, 0.2) is 11.4 Å². The highest BCUT2D eigenvalue weighted by molar-refractivity contribution is 5.77. The van der Waals surface area contributed by atoms with E-state index < -0.39 is 29.4 Å². The third-order valence-electron chi connectivity index (χ3n) is 3.42. The Morgan fingerprint density at radius 2 is 1.96 bits per heavy atom. The van der Waals surface area contributed by atoms with Crippen molar-refractivity contribution in [3.63, 3.8) is 0 Å². The third-order valence-corrected chi connectivity index (χ3v) is 3.42. The summed E-state index contributed by atoms with van der Waals surface area (Å²) in [6, 6.07) is 0.961. The van der Waals surface area contributed by atoms with Crippen LogP contribution in [0.15, 0.2) is 42.2 Å². The number of hydrogen-bond donors (Lipinski definition) is 3. The molecule has 0 fully saturated rings. The molecule has 6 nitrogen and oxygen atoms in total. The highest BCUT2D eigenvalue weighted by Gasteiger charge is 2.50. The van der Waals surface area contributed by atoms with Gasteiger partial charge in [-0.05, 0) is 37.6 Å². The number of pyridine rings is 1. The van der Waals surface area contributed by atoms with Crippen molar-refractivity contribution in [2.24, 2.45) is 11.6 Å². The van der Waals surface area contributed by atoms with Crippen molar-refractivity contribution in [2.75, 3.05) is 0 Å². The summed E-state index contributed by atoms with van der Waals surface area (Å²) in [6.45, 7) is 1.54. The molecule has 0 bridgehead atoms. The molecule has 1 aromatic rings. The summed E-state index contributed by atoms with van der Waals surface area (Å²) in [6.07, 6.45) is 0.660. The molecule has 0 atom stereocenters. The Morgan fingerprint density at radius 1 is 1.32 bits per heavy atom. The lowest BCUT2D eigenvalue weighted by Gasteiger charge is -2.28. The van der Waals surface area contributed by atoms with E-state index in [0.29, 0.717) is 5.57 Å². The fraction of sp³-hybridized carbons (Fsp3) is 0.267. The lowest BCUT2D eigenvalue weighted by Crippen LogP contribution is -2.45. The summed E-state index contributed by atoms with van der Waals surface area (Å²) in [7, 11) is 0. The van der Waals surface area contributed by atoms with Crippen molar-refractivity contribution >= 4 is 5.57 Å². The molecule has 2 rings (SSSR count). The van der Waals surface area contributed by atoms with Crippen LogP contribution >= 0.6 is 0 Å². The van der Waals surface area contributed by atoms with Crippen LogP contribution in [0.25, 0.3) is 5.57 Å². The monoisotopic (exact) mass is 360 g/mol. The first kappa shape index (κ1) is 18.6. The van der Waals surface area contributed by atoms with Gasteiger partial charge in [0.05, 0.1) is 0 Å². The van der Waals surface area contributed by atoms with Crippen molar-refractivity contribution < 1.29 is 27.4 Å². The zero-order chi connectivity index (χ0) is 19.0. The fourth-order valence-electron chi connectivity index (χ4n) is 1.85. The van der Waals surface area contributed by atoms with E-state index in [0.717, 1.165) is 31.1 Å². The Labute approximate surface area is 140 Å². The van der Waals surface area contributed by atoms with Gasteiger partial charge in [0.1, 0.15) is 5.70 Å². The molecule has 1 aliphatic rings. The number of halogens is 4. The van der Waals surface area contributed by atoms with Crippen LogP contribution < -0.4 is 16.3 Å². The van der Waals surface area contributed by atoms with Crippen molar-refractivity contribution in [3.8, 4) is 5.88 Å². The first-order valence-corrected chi connectivity index (χ1v) is 6.96.